The largest absolute Gasteiger partial charge is 0.497 e. The maximum atomic E-state index is 13.5. The minimum absolute atomic E-state index is 0.174. The summed E-state index contributed by atoms with van der Waals surface area (Å²) in [6.45, 7) is 10.1. The van der Waals surface area contributed by atoms with Gasteiger partial charge in [-0.2, -0.15) is 0 Å². The minimum Gasteiger partial charge on any atom is -0.497 e. The van der Waals surface area contributed by atoms with Crippen LogP contribution in [0, 0.1) is 0 Å². The van der Waals surface area contributed by atoms with Gasteiger partial charge < -0.3 is 34.9 Å². The number of methoxy groups -OCH3 is 1. The van der Waals surface area contributed by atoms with Crippen molar-refractivity contribution < 1.29 is 28.9 Å². The lowest BCUT2D eigenvalue weighted by Gasteiger charge is -2.29. The van der Waals surface area contributed by atoms with E-state index >= 15 is 0 Å². The van der Waals surface area contributed by atoms with Gasteiger partial charge in [-0.15, -0.1) is 6.58 Å². The second-order valence-corrected chi connectivity index (χ2v) is 12.5. The smallest absolute Gasteiger partial charge is 0.410 e. The topological polar surface area (TPSA) is 109 Å². The molecule has 0 heterocycles. The molecule has 9 nitrogen and oxygen atoms in total. The molecule has 0 bridgehead atoms. The molecule has 0 spiro atoms. The van der Waals surface area contributed by atoms with E-state index < -0.39 is 29.9 Å². The molecule has 3 N–H and O–H groups in total. The van der Waals surface area contributed by atoms with Crippen molar-refractivity contribution in [1.82, 2.24) is 15.5 Å². The van der Waals surface area contributed by atoms with Gasteiger partial charge in [-0.1, -0.05) is 72.8 Å². The molecule has 1 aliphatic carbocycles. The summed E-state index contributed by atoms with van der Waals surface area (Å²) in [6, 6.07) is 24.1. The lowest BCUT2D eigenvalue weighted by molar-refractivity contribution is 0.0419. The average molecular weight is 630 g/mol. The molecular weight excluding hydrogens is 582 g/mol. The van der Waals surface area contributed by atoms with Crippen LogP contribution >= 0.6 is 0 Å². The number of nitrogens with one attached hydrogen (secondary N) is 2. The third kappa shape index (κ3) is 9.83. The Hall–Kier alpha value is -4.34. The molecule has 3 aromatic rings. The molecule has 46 heavy (non-hydrogen) atoms. The van der Waals surface area contributed by atoms with E-state index in [2.05, 4.69) is 17.2 Å². The molecule has 0 saturated heterocycles. The van der Waals surface area contributed by atoms with Crippen molar-refractivity contribution in [3.63, 3.8) is 0 Å². The minimum atomic E-state index is -0.937. The first-order valence-electron chi connectivity index (χ1n) is 15.8. The number of benzene rings is 3. The summed E-state index contributed by atoms with van der Waals surface area (Å²) < 4.78 is 16.8. The van der Waals surface area contributed by atoms with Gasteiger partial charge in [0.15, 0.2) is 0 Å². The zero-order valence-corrected chi connectivity index (χ0v) is 27.3. The Balaban J connectivity index is 1.52. The fourth-order valence-corrected chi connectivity index (χ4v) is 5.67. The maximum absolute atomic E-state index is 13.5. The summed E-state index contributed by atoms with van der Waals surface area (Å²) in [5.41, 5.74) is 3.18. The van der Waals surface area contributed by atoms with Crippen LogP contribution in [0.15, 0.2) is 91.5 Å². The number of alkyl carbamates (subject to hydrolysis) is 1. The number of hydrogen-bond donors (Lipinski definition) is 3. The van der Waals surface area contributed by atoms with E-state index in [1.54, 1.807) is 38.9 Å². The first kappa shape index (κ1) is 34.5. The van der Waals surface area contributed by atoms with E-state index in [4.69, 9.17) is 14.2 Å². The molecule has 1 aliphatic rings. The summed E-state index contributed by atoms with van der Waals surface area (Å²) in [4.78, 5) is 28.0. The third-order valence-corrected chi connectivity index (χ3v) is 7.92. The number of aliphatic hydroxyl groups is 1. The fraction of sp³-hybridized carbons (Fsp3) is 0.405. The molecule has 4 rings (SSSR count). The molecule has 4 unspecified atom stereocenters. The zero-order valence-electron chi connectivity index (χ0n) is 27.3. The maximum Gasteiger partial charge on any atom is 0.410 e. The second kappa shape index (κ2) is 16.3. The van der Waals surface area contributed by atoms with Crippen molar-refractivity contribution in [2.75, 3.05) is 20.2 Å². The number of aliphatic hydroxyl groups excluding tert-OH is 1. The highest BCUT2D eigenvalue weighted by Gasteiger charge is 2.38. The van der Waals surface area contributed by atoms with E-state index in [0.29, 0.717) is 31.6 Å². The average Bonchev–Trinajstić information content (AvgIpc) is 3.39. The molecule has 2 amide bonds. The van der Waals surface area contributed by atoms with Gasteiger partial charge in [0.25, 0.3) is 0 Å². The Labute approximate surface area is 272 Å². The number of ether oxygens (including phenoxy) is 3. The molecule has 0 aromatic heterocycles. The van der Waals surface area contributed by atoms with Crippen molar-refractivity contribution in [2.24, 2.45) is 0 Å². The highest BCUT2D eigenvalue weighted by Crippen LogP contribution is 2.44. The van der Waals surface area contributed by atoms with Crippen LogP contribution in [-0.2, 0) is 22.5 Å². The summed E-state index contributed by atoms with van der Waals surface area (Å²) in [5.74, 6) is 0.699. The number of hydrogen-bond acceptors (Lipinski definition) is 7. The Bertz CT molecular complexity index is 1430. The van der Waals surface area contributed by atoms with E-state index in [1.165, 1.54) is 0 Å². The van der Waals surface area contributed by atoms with Crippen molar-refractivity contribution in [3.8, 4) is 5.75 Å². The van der Waals surface area contributed by atoms with E-state index in [-0.39, 0.29) is 25.2 Å². The molecule has 0 fully saturated rings. The summed E-state index contributed by atoms with van der Waals surface area (Å²) in [6.07, 6.45) is 1.46. The summed E-state index contributed by atoms with van der Waals surface area (Å²) >= 11 is 0. The van der Waals surface area contributed by atoms with Gasteiger partial charge in [0, 0.05) is 19.1 Å². The molecule has 0 saturated carbocycles. The van der Waals surface area contributed by atoms with Crippen LogP contribution in [0.1, 0.15) is 68.0 Å². The van der Waals surface area contributed by atoms with Crippen LogP contribution in [-0.4, -0.2) is 60.1 Å². The molecule has 4 atom stereocenters. The van der Waals surface area contributed by atoms with Crippen LogP contribution < -0.4 is 15.4 Å². The van der Waals surface area contributed by atoms with Gasteiger partial charge in [-0.05, 0) is 74.4 Å². The molecular formula is C37H47N3O6. The molecule has 0 aliphatic heterocycles. The molecule has 246 valence electrons. The van der Waals surface area contributed by atoms with Crippen LogP contribution in [0.25, 0.3) is 0 Å². The van der Waals surface area contributed by atoms with Crippen molar-refractivity contribution in [2.45, 2.75) is 76.5 Å². The Kier molecular flexibility index (Phi) is 12.2. The number of fused-ring (bicyclic) bond motifs is 1. The fourth-order valence-electron chi connectivity index (χ4n) is 5.67. The van der Waals surface area contributed by atoms with E-state index in [0.717, 1.165) is 22.3 Å². The van der Waals surface area contributed by atoms with Crippen molar-refractivity contribution in [1.29, 1.82) is 0 Å². The third-order valence-electron chi connectivity index (χ3n) is 7.92. The SMILES string of the molecule is C=CCCN(C(=O)OCc1ccccc1)C1CC(NCC(O)C(Cc2ccccc2)NC(=O)OC(C)(C)C)c2cc(OC)ccc21. The van der Waals surface area contributed by atoms with Gasteiger partial charge in [0.1, 0.15) is 18.0 Å². The normalized spacial score (nSPS) is 16.9. The summed E-state index contributed by atoms with van der Waals surface area (Å²) in [7, 11) is 1.62. The standard InChI is InChI=1S/C37H47N3O6/c1-6-7-20-40(36(43)45-25-27-16-12-9-13-17-27)33-23-31(30-22-28(44-5)18-19-29(30)33)38-24-34(41)32(21-26-14-10-8-11-15-26)39-35(42)46-37(2,3)4/h6,8-19,22,31-34,38,41H,1,7,20-21,23-25H2,2-5H3,(H,39,42). The van der Waals surface area contributed by atoms with Gasteiger partial charge in [0.2, 0.25) is 0 Å². The van der Waals surface area contributed by atoms with Crippen molar-refractivity contribution in [3.05, 3.63) is 114 Å². The molecule has 0 radical (unpaired) electrons. The van der Waals surface area contributed by atoms with Crippen LogP contribution in [0.2, 0.25) is 0 Å². The lowest BCUT2D eigenvalue weighted by atomic mass is 10.0. The lowest BCUT2D eigenvalue weighted by Crippen LogP contribution is -2.50. The first-order valence-corrected chi connectivity index (χ1v) is 15.8. The van der Waals surface area contributed by atoms with Crippen LogP contribution in [0.5, 0.6) is 5.75 Å². The molecule has 3 aromatic carbocycles. The van der Waals surface area contributed by atoms with Gasteiger partial charge in [-0.3, -0.25) is 0 Å². The zero-order chi connectivity index (χ0) is 33.1. The number of carbonyl (C=O) groups is 2. The van der Waals surface area contributed by atoms with Gasteiger partial charge in [0.05, 0.1) is 25.3 Å². The predicted octanol–water partition coefficient (Wildman–Crippen LogP) is 6.48. The number of rotatable bonds is 14. The van der Waals surface area contributed by atoms with Gasteiger partial charge in [-0.25, -0.2) is 9.59 Å². The Morgan fingerprint density at radius 2 is 1.70 bits per heavy atom. The second-order valence-electron chi connectivity index (χ2n) is 12.5. The monoisotopic (exact) mass is 629 g/mol. The predicted molar refractivity (Wildman–Crippen MR) is 179 cm³/mol. The highest BCUT2D eigenvalue weighted by atomic mass is 16.6. The number of amides is 2. The molecule has 9 heteroatoms. The van der Waals surface area contributed by atoms with Crippen molar-refractivity contribution >= 4 is 12.2 Å². The van der Waals surface area contributed by atoms with E-state index in [1.807, 2.05) is 78.9 Å². The quantitative estimate of drug-likeness (QED) is 0.175. The highest BCUT2D eigenvalue weighted by molar-refractivity contribution is 5.69. The first-order chi connectivity index (χ1) is 22.1. The van der Waals surface area contributed by atoms with Crippen LogP contribution in [0.3, 0.4) is 0 Å². The number of nitrogens with zero attached hydrogens (tertiary/aromatic N) is 1. The van der Waals surface area contributed by atoms with E-state index in [9.17, 15) is 14.7 Å². The number of carbonyl (C=O) groups excluding carboxylic acids is 2. The Morgan fingerprint density at radius 1 is 1.02 bits per heavy atom. The summed E-state index contributed by atoms with van der Waals surface area (Å²) in [5, 5.41) is 17.8. The Morgan fingerprint density at radius 3 is 2.33 bits per heavy atom. The van der Waals surface area contributed by atoms with Crippen LogP contribution in [0.4, 0.5) is 9.59 Å². The van der Waals surface area contributed by atoms with Gasteiger partial charge >= 0.3 is 12.2 Å².